The first kappa shape index (κ1) is 25.1. The third kappa shape index (κ3) is 4.87. The van der Waals surface area contributed by atoms with E-state index in [-0.39, 0.29) is 23.8 Å². The van der Waals surface area contributed by atoms with Crippen molar-refractivity contribution in [1.29, 1.82) is 0 Å². The topological polar surface area (TPSA) is 109 Å². The average molecular weight is 548 g/mol. The van der Waals surface area contributed by atoms with Crippen molar-refractivity contribution in [3.8, 4) is 22.9 Å². The van der Waals surface area contributed by atoms with Gasteiger partial charge in [0, 0.05) is 30.0 Å². The van der Waals surface area contributed by atoms with Crippen molar-refractivity contribution in [2.75, 3.05) is 20.3 Å². The highest BCUT2D eigenvalue weighted by molar-refractivity contribution is 6.30. The minimum atomic E-state index is -0.277. The Hall–Kier alpha value is -4.18. The highest BCUT2D eigenvalue weighted by Gasteiger charge is 2.39. The lowest BCUT2D eigenvalue weighted by atomic mass is 10.0. The molecular weight excluding hydrogens is 522 g/mol. The van der Waals surface area contributed by atoms with Crippen LogP contribution in [0, 0.1) is 6.92 Å². The Labute approximate surface area is 229 Å². The molecule has 11 heteroatoms. The standard InChI is InChI=1S/C28H26ClN5O5/c1-16-32-23-10-21(24-12-31-26(37-2)13-30-24)25(39-20-7-8-33-19(9-20)15-38-28(33)36)11-22(23)27(35)34(16)14-17-3-5-18(29)6-4-17/h3-6,10-13,19-20H,7-9,14-15H2,1-2H3/t19-,20-/m0/s1. The summed E-state index contributed by atoms with van der Waals surface area (Å²) in [7, 11) is 1.53. The Kier molecular flexibility index (Phi) is 6.56. The SMILES string of the molecule is COc1cnc(-c2cc3nc(C)n(Cc4ccc(Cl)cc4)c(=O)c3cc2O[C@H]2CCN3C(=O)OC[C@@H]3C2)cn1. The molecule has 0 aliphatic carbocycles. The van der Waals surface area contributed by atoms with E-state index in [1.807, 2.05) is 25.1 Å². The lowest BCUT2D eigenvalue weighted by molar-refractivity contribution is 0.0940. The van der Waals surface area contributed by atoms with Crippen LogP contribution < -0.4 is 15.0 Å². The number of aryl methyl sites for hydroxylation is 1. The number of nitrogens with zero attached hydrogens (tertiary/aromatic N) is 5. The molecule has 0 saturated carbocycles. The van der Waals surface area contributed by atoms with Crippen LogP contribution in [0.1, 0.15) is 24.2 Å². The fraction of sp³-hybridized carbons (Fsp3) is 0.321. The van der Waals surface area contributed by atoms with Gasteiger partial charge < -0.3 is 19.1 Å². The van der Waals surface area contributed by atoms with E-state index >= 15 is 0 Å². The van der Waals surface area contributed by atoms with E-state index < -0.39 is 0 Å². The maximum Gasteiger partial charge on any atom is 0.410 e. The van der Waals surface area contributed by atoms with Crippen LogP contribution in [0.2, 0.25) is 5.02 Å². The van der Waals surface area contributed by atoms with Crippen LogP contribution in [-0.2, 0) is 11.3 Å². The summed E-state index contributed by atoms with van der Waals surface area (Å²) in [6.07, 6.45) is 3.97. The fourth-order valence-corrected chi connectivity index (χ4v) is 5.25. The van der Waals surface area contributed by atoms with Crippen LogP contribution in [0.3, 0.4) is 0 Å². The van der Waals surface area contributed by atoms with Gasteiger partial charge in [-0.25, -0.2) is 19.7 Å². The fourth-order valence-electron chi connectivity index (χ4n) is 5.13. The Morgan fingerprint density at radius 2 is 1.95 bits per heavy atom. The van der Waals surface area contributed by atoms with Gasteiger partial charge in [0.15, 0.2) is 0 Å². The Balaban J connectivity index is 1.41. The minimum Gasteiger partial charge on any atom is -0.490 e. The highest BCUT2D eigenvalue weighted by Crippen LogP contribution is 2.35. The van der Waals surface area contributed by atoms with Crippen LogP contribution in [0.5, 0.6) is 11.6 Å². The number of piperidine rings is 1. The molecule has 2 fully saturated rings. The Morgan fingerprint density at radius 3 is 2.69 bits per heavy atom. The van der Waals surface area contributed by atoms with Gasteiger partial charge in [-0.15, -0.1) is 0 Å². The summed E-state index contributed by atoms with van der Waals surface area (Å²) >= 11 is 6.03. The van der Waals surface area contributed by atoms with Gasteiger partial charge in [-0.3, -0.25) is 9.36 Å². The van der Waals surface area contributed by atoms with Gasteiger partial charge in [0.2, 0.25) is 5.88 Å². The second kappa shape index (κ2) is 10.2. The Morgan fingerprint density at radius 1 is 1.13 bits per heavy atom. The summed E-state index contributed by atoms with van der Waals surface area (Å²) in [5.41, 5.74) is 2.53. The molecule has 2 aliphatic heterocycles. The number of benzene rings is 2. The number of fused-ring (bicyclic) bond motifs is 2. The normalized spacial score (nSPS) is 18.6. The molecule has 6 rings (SSSR count). The number of hydrogen-bond donors (Lipinski definition) is 0. The summed E-state index contributed by atoms with van der Waals surface area (Å²) in [5, 5.41) is 1.07. The lowest BCUT2D eigenvalue weighted by Crippen LogP contribution is -2.44. The van der Waals surface area contributed by atoms with E-state index in [1.54, 1.807) is 33.9 Å². The first-order chi connectivity index (χ1) is 18.9. The summed E-state index contributed by atoms with van der Waals surface area (Å²) in [4.78, 5) is 41.0. The maximum atomic E-state index is 13.7. The number of ether oxygens (including phenoxy) is 3. The summed E-state index contributed by atoms with van der Waals surface area (Å²) < 4.78 is 18.5. The van der Waals surface area contributed by atoms with Crippen molar-refractivity contribution in [1.82, 2.24) is 24.4 Å². The number of halogens is 1. The predicted octanol–water partition coefficient (Wildman–Crippen LogP) is 4.23. The van der Waals surface area contributed by atoms with Crippen molar-refractivity contribution >= 4 is 28.6 Å². The summed E-state index contributed by atoms with van der Waals surface area (Å²) in [5.74, 6) is 1.48. The first-order valence-corrected chi connectivity index (χ1v) is 13.0. The molecule has 39 heavy (non-hydrogen) atoms. The number of carbonyl (C=O) groups excluding carboxylic acids is 1. The van der Waals surface area contributed by atoms with Crippen LogP contribution in [0.25, 0.3) is 22.2 Å². The number of cyclic esters (lactones) is 1. The molecule has 2 atom stereocenters. The quantitative estimate of drug-likeness (QED) is 0.353. The highest BCUT2D eigenvalue weighted by atomic mass is 35.5. The van der Waals surface area contributed by atoms with Gasteiger partial charge >= 0.3 is 6.09 Å². The molecular formula is C28H26ClN5O5. The third-order valence-electron chi connectivity index (χ3n) is 7.21. The van der Waals surface area contributed by atoms with E-state index in [0.29, 0.717) is 77.2 Å². The number of hydrogen-bond acceptors (Lipinski definition) is 8. The summed E-state index contributed by atoms with van der Waals surface area (Å²) in [6.45, 7) is 3.08. The molecule has 0 radical (unpaired) electrons. The van der Waals surface area contributed by atoms with Crippen LogP contribution in [0.15, 0.2) is 53.6 Å². The van der Waals surface area contributed by atoms with Gasteiger partial charge in [0.1, 0.15) is 24.3 Å². The van der Waals surface area contributed by atoms with Crippen molar-refractivity contribution in [3.63, 3.8) is 0 Å². The molecule has 1 amide bonds. The van der Waals surface area contributed by atoms with Crippen LogP contribution >= 0.6 is 11.6 Å². The molecule has 4 aromatic rings. The number of rotatable bonds is 6. The van der Waals surface area contributed by atoms with Gasteiger partial charge in [-0.1, -0.05) is 23.7 Å². The van der Waals surface area contributed by atoms with E-state index in [4.69, 9.17) is 30.8 Å². The third-order valence-corrected chi connectivity index (χ3v) is 7.46. The zero-order valence-electron chi connectivity index (χ0n) is 21.5. The number of amides is 1. The van der Waals surface area contributed by atoms with Crippen molar-refractivity contribution in [2.45, 2.75) is 38.5 Å². The second-order valence-corrected chi connectivity index (χ2v) is 10.1. The monoisotopic (exact) mass is 547 g/mol. The summed E-state index contributed by atoms with van der Waals surface area (Å²) in [6, 6.07) is 10.9. The van der Waals surface area contributed by atoms with E-state index in [2.05, 4.69) is 9.97 Å². The number of methoxy groups -OCH3 is 1. The maximum absolute atomic E-state index is 13.7. The van der Waals surface area contributed by atoms with Crippen molar-refractivity contribution in [3.05, 3.63) is 75.6 Å². The molecule has 0 unspecified atom stereocenters. The van der Waals surface area contributed by atoms with Gasteiger partial charge in [0.25, 0.3) is 5.56 Å². The molecule has 0 spiro atoms. The second-order valence-electron chi connectivity index (χ2n) is 9.67. The van der Waals surface area contributed by atoms with Crippen molar-refractivity contribution < 1.29 is 19.0 Å². The number of aromatic nitrogens is 4. The van der Waals surface area contributed by atoms with E-state index in [0.717, 1.165) is 5.56 Å². The molecule has 0 N–H and O–H groups in total. The molecule has 200 valence electrons. The van der Waals surface area contributed by atoms with Crippen LogP contribution in [-0.4, -0.2) is 62.9 Å². The lowest BCUT2D eigenvalue weighted by Gasteiger charge is -2.33. The zero-order chi connectivity index (χ0) is 27.1. The molecule has 2 saturated heterocycles. The minimum absolute atomic E-state index is 0.0261. The molecule has 2 aliphatic rings. The van der Waals surface area contributed by atoms with E-state index in [9.17, 15) is 9.59 Å². The van der Waals surface area contributed by atoms with E-state index in [1.165, 1.54) is 13.3 Å². The first-order valence-electron chi connectivity index (χ1n) is 12.7. The Bertz CT molecular complexity index is 1610. The smallest absolute Gasteiger partial charge is 0.410 e. The zero-order valence-corrected chi connectivity index (χ0v) is 22.2. The predicted molar refractivity (Wildman–Crippen MR) is 144 cm³/mol. The average Bonchev–Trinajstić information content (AvgIpc) is 3.32. The molecule has 4 heterocycles. The largest absolute Gasteiger partial charge is 0.490 e. The molecule has 2 aromatic carbocycles. The van der Waals surface area contributed by atoms with Gasteiger partial charge in [-0.2, -0.15) is 0 Å². The number of carbonyl (C=O) groups is 1. The molecule has 0 bridgehead atoms. The van der Waals surface area contributed by atoms with Gasteiger partial charge in [0.05, 0.1) is 48.7 Å². The van der Waals surface area contributed by atoms with Gasteiger partial charge in [-0.05, 0) is 36.8 Å². The molecule has 10 nitrogen and oxygen atoms in total. The van der Waals surface area contributed by atoms with Crippen LogP contribution in [0.4, 0.5) is 4.79 Å². The van der Waals surface area contributed by atoms with Crippen molar-refractivity contribution in [2.24, 2.45) is 0 Å². The molecule has 2 aromatic heterocycles.